The molecule has 1 aliphatic carbocycles. The van der Waals surface area contributed by atoms with Gasteiger partial charge in [-0.25, -0.2) is 0 Å². The van der Waals surface area contributed by atoms with Crippen LogP contribution in [0.3, 0.4) is 0 Å². The van der Waals surface area contributed by atoms with Gasteiger partial charge in [0.2, 0.25) is 0 Å². The lowest BCUT2D eigenvalue weighted by atomic mass is 10.0. The molecule has 1 aliphatic rings. The van der Waals surface area contributed by atoms with Crippen LogP contribution in [0, 0.1) is 0 Å². The van der Waals surface area contributed by atoms with Gasteiger partial charge in [0.25, 0.3) is 6.48 Å². The molecule has 0 bridgehead atoms. The highest BCUT2D eigenvalue weighted by molar-refractivity contribution is 4.93. The monoisotopic (exact) mass is 201 g/mol. The third-order valence-electron chi connectivity index (χ3n) is 2.35. The summed E-state index contributed by atoms with van der Waals surface area (Å²) in [5.41, 5.74) is 5.81. The average molecular weight is 201 g/mol. The molecule has 0 amide bonds. The second kappa shape index (κ2) is 6.14. The summed E-state index contributed by atoms with van der Waals surface area (Å²) in [7, 11) is 1.41. The molecule has 0 aromatic rings. The largest absolute Gasteiger partial charge is 0.346 e. The van der Waals surface area contributed by atoms with E-state index in [0.29, 0.717) is 0 Å². The Morgan fingerprint density at radius 1 is 1.50 bits per heavy atom. The van der Waals surface area contributed by atoms with E-state index >= 15 is 0 Å². The van der Waals surface area contributed by atoms with Crippen LogP contribution >= 0.6 is 0 Å². The Labute approximate surface area is 84.7 Å². The molecule has 0 aromatic carbocycles. The van der Waals surface area contributed by atoms with Crippen LogP contribution in [0.4, 0.5) is 0 Å². The first-order valence-corrected chi connectivity index (χ1v) is 5.01. The van der Waals surface area contributed by atoms with E-state index in [9.17, 15) is 0 Å². The van der Waals surface area contributed by atoms with Gasteiger partial charge in [-0.1, -0.05) is 12.2 Å². The SMILES string of the molecule is COC(O)OC1/C=C/CC(N)CCC1. The molecule has 0 saturated carbocycles. The molecule has 4 nitrogen and oxygen atoms in total. The second-order valence-corrected chi connectivity index (χ2v) is 3.57. The number of rotatable bonds is 3. The standard InChI is InChI=1S/C10H19NO3/c1-13-10(12)14-9-6-2-4-8(11)5-3-7-9/h2,6,8-10,12H,3-5,7,11H2,1H3/b6-2+. The van der Waals surface area contributed by atoms with Crippen molar-refractivity contribution in [3.05, 3.63) is 12.2 Å². The molecule has 3 unspecified atom stereocenters. The number of aliphatic hydroxyl groups is 1. The molecular weight excluding hydrogens is 182 g/mol. The van der Waals surface area contributed by atoms with Crippen molar-refractivity contribution in [3.8, 4) is 0 Å². The van der Waals surface area contributed by atoms with Crippen LogP contribution < -0.4 is 5.73 Å². The average Bonchev–Trinajstić information content (AvgIpc) is 2.14. The van der Waals surface area contributed by atoms with Gasteiger partial charge < -0.3 is 20.3 Å². The lowest BCUT2D eigenvalue weighted by Gasteiger charge is -2.20. The Morgan fingerprint density at radius 3 is 3.00 bits per heavy atom. The van der Waals surface area contributed by atoms with Crippen LogP contribution in [0.25, 0.3) is 0 Å². The number of hydrogen-bond donors (Lipinski definition) is 2. The zero-order valence-electron chi connectivity index (χ0n) is 8.56. The highest BCUT2D eigenvalue weighted by Crippen LogP contribution is 2.14. The van der Waals surface area contributed by atoms with Crippen molar-refractivity contribution in [2.75, 3.05) is 7.11 Å². The zero-order valence-corrected chi connectivity index (χ0v) is 8.56. The first-order chi connectivity index (χ1) is 6.72. The first-order valence-electron chi connectivity index (χ1n) is 5.01. The van der Waals surface area contributed by atoms with Crippen molar-refractivity contribution in [3.63, 3.8) is 0 Å². The summed E-state index contributed by atoms with van der Waals surface area (Å²) >= 11 is 0. The maximum absolute atomic E-state index is 9.12. The highest BCUT2D eigenvalue weighted by atomic mass is 16.8. The lowest BCUT2D eigenvalue weighted by molar-refractivity contribution is -0.263. The predicted octanol–water partition coefficient (Wildman–Crippen LogP) is 0.751. The van der Waals surface area contributed by atoms with E-state index in [1.165, 1.54) is 7.11 Å². The maximum atomic E-state index is 9.12. The van der Waals surface area contributed by atoms with Crippen molar-refractivity contribution < 1.29 is 14.6 Å². The Hall–Kier alpha value is -0.420. The number of methoxy groups -OCH3 is 1. The molecule has 0 fully saturated rings. The van der Waals surface area contributed by atoms with Crippen molar-refractivity contribution in [2.45, 2.75) is 44.3 Å². The quantitative estimate of drug-likeness (QED) is 0.522. The van der Waals surface area contributed by atoms with E-state index in [4.69, 9.17) is 15.6 Å². The van der Waals surface area contributed by atoms with Crippen LogP contribution in [0.1, 0.15) is 25.7 Å². The van der Waals surface area contributed by atoms with Crippen LogP contribution in [0.15, 0.2) is 12.2 Å². The molecule has 0 radical (unpaired) electrons. The summed E-state index contributed by atoms with van der Waals surface area (Å²) in [5, 5.41) is 9.12. The lowest BCUT2D eigenvalue weighted by Crippen LogP contribution is -2.25. The molecule has 14 heavy (non-hydrogen) atoms. The van der Waals surface area contributed by atoms with E-state index in [0.717, 1.165) is 25.7 Å². The minimum atomic E-state index is -1.13. The molecule has 0 spiro atoms. The topological polar surface area (TPSA) is 64.7 Å². The van der Waals surface area contributed by atoms with Crippen molar-refractivity contribution in [1.82, 2.24) is 0 Å². The van der Waals surface area contributed by atoms with Gasteiger partial charge in [-0.05, 0) is 25.7 Å². The van der Waals surface area contributed by atoms with Gasteiger partial charge in [-0.2, -0.15) is 0 Å². The van der Waals surface area contributed by atoms with Gasteiger partial charge in [0, 0.05) is 13.2 Å². The molecule has 0 heterocycles. The summed E-state index contributed by atoms with van der Waals surface area (Å²) in [6.45, 7) is -1.13. The van der Waals surface area contributed by atoms with E-state index < -0.39 is 6.48 Å². The predicted molar refractivity (Wildman–Crippen MR) is 53.5 cm³/mol. The van der Waals surface area contributed by atoms with Gasteiger partial charge in [-0.15, -0.1) is 0 Å². The van der Waals surface area contributed by atoms with Crippen molar-refractivity contribution in [1.29, 1.82) is 0 Å². The van der Waals surface area contributed by atoms with Gasteiger partial charge >= 0.3 is 0 Å². The van der Waals surface area contributed by atoms with E-state index in [1.807, 2.05) is 12.2 Å². The van der Waals surface area contributed by atoms with E-state index in [-0.39, 0.29) is 12.1 Å². The number of ether oxygens (including phenoxy) is 2. The Balaban J connectivity index is 2.37. The first kappa shape index (κ1) is 11.7. The Morgan fingerprint density at radius 2 is 2.29 bits per heavy atom. The molecule has 3 N–H and O–H groups in total. The van der Waals surface area contributed by atoms with Gasteiger partial charge in [0.05, 0.1) is 6.10 Å². The minimum Gasteiger partial charge on any atom is -0.346 e. The molecule has 0 aromatic heterocycles. The number of aliphatic hydroxyl groups excluding tert-OH is 1. The second-order valence-electron chi connectivity index (χ2n) is 3.57. The minimum absolute atomic E-state index is 0.0579. The molecular formula is C10H19NO3. The van der Waals surface area contributed by atoms with E-state index in [2.05, 4.69) is 4.74 Å². The van der Waals surface area contributed by atoms with Crippen LogP contribution in [0.5, 0.6) is 0 Å². The zero-order chi connectivity index (χ0) is 10.4. The van der Waals surface area contributed by atoms with Crippen LogP contribution in [0.2, 0.25) is 0 Å². The Bertz CT molecular complexity index is 184. The van der Waals surface area contributed by atoms with Crippen LogP contribution in [-0.4, -0.2) is 30.8 Å². The number of hydrogen-bond acceptors (Lipinski definition) is 4. The normalized spacial score (nSPS) is 33.1. The summed E-state index contributed by atoms with van der Waals surface area (Å²) in [6, 6.07) is 0.263. The maximum Gasteiger partial charge on any atom is 0.269 e. The molecule has 82 valence electrons. The van der Waals surface area contributed by atoms with Gasteiger partial charge in [-0.3, -0.25) is 0 Å². The molecule has 3 atom stereocenters. The fraction of sp³-hybridized carbons (Fsp3) is 0.800. The summed E-state index contributed by atoms with van der Waals surface area (Å²) in [5.74, 6) is 0. The van der Waals surface area contributed by atoms with Crippen molar-refractivity contribution in [2.24, 2.45) is 5.73 Å². The van der Waals surface area contributed by atoms with Crippen molar-refractivity contribution >= 4 is 0 Å². The van der Waals surface area contributed by atoms with Gasteiger partial charge in [0.15, 0.2) is 0 Å². The Kier molecular flexibility index (Phi) is 5.11. The highest BCUT2D eigenvalue weighted by Gasteiger charge is 2.13. The molecule has 0 aliphatic heterocycles. The summed E-state index contributed by atoms with van der Waals surface area (Å²) < 4.78 is 9.84. The molecule has 0 saturated heterocycles. The molecule has 4 heteroatoms. The fourth-order valence-corrected chi connectivity index (χ4v) is 1.52. The fourth-order valence-electron chi connectivity index (χ4n) is 1.52. The smallest absolute Gasteiger partial charge is 0.269 e. The third-order valence-corrected chi connectivity index (χ3v) is 2.35. The van der Waals surface area contributed by atoms with Gasteiger partial charge in [0.1, 0.15) is 0 Å². The summed E-state index contributed by atoms with van der Waals surface area (Å²) in [4.78, 5) is 0. The number of nitrogens with two attached hydrogens (primary N) is 1. The van der Waals surface area contributed by atoms with E-state index in [1.54, 1.807) is 0 Å². The van der Waals surface area contributed by atoms with Crippen LogP contribution in [-0.2, 0) is 9.47 Å². The molecule has 1 rings (SSSR count). The summed E-state index contributed by atoms with van der Waals surface area (Å²) in [6.07, 6.45) is 7.68. The third kappa shape index (κ3) is 4.19.